The molecule has 1 aromatic carbocycles. The van der Waals surface area contributed by atoms with Gasteiger partial charge >= 0.3 is 6.09 Å². The largest absolute Gasteiger partial charge is 0.445 e. The fourth-order valence-electron chi connectivity index (χ4n) is 2.59. The van der Waals surface area contributed by atoms with Gasteiger partial charge in [-0.05, 0) is 24.8 Å². The first-order valence-electron chi connectivity index (χ1n) is 7.90. The monoisotopic (exact) mass is 300 g/mol. The van der Waals surface area contributed by atoms with Gasteiger partial charge < -0.3 is 15.4 Å². The van der Waals surface area contributed by atoms with Gasteiger partial charge in [-0.3, -0.25) is 0 Å². The van der Waals surface area contributed by atoms with E-state index in [0.717, 1.165) is 31.2 Å². The lowest BCUT2D eigenvalue weighted by atomic mass is 9.86. The summed E-state index contributed by atoms with van der Waals surface area (Å²) in [4.78, 5) is 11.7. The minimum absolute atomic E-state index is 0.140. The van der Waals surface area contributed by atoms with Crippen LogP contribution in [0.15, 0.2) is 30.3 Å². The van der Waals surface area contributed by atoms with Gasteiger partial charge in [-0.2, -0.15) is 0 Å². The van der Waals surface area contributed by atoms with Crippen molar-refractivity contribution in [3.63, 3.8) is 0 Å². The highest BCUT2D eigenvalue weighted by atomic mass is 16.5. The van der Waals surface area contributed by atoms with Gasteiger partial charge in [0.25, 0.3) is 0 Å². The molecule has 0 heterocycles. The molecule has 118 valence electrons. The quantitative estimate of drug-likeness (QED) is 0.761. The third-order valence-electron chi connectivity index (χ3n) is 3.89. The summed E-state index contributed by atoms with van der Waals surface area (Å²) >= 11 is 0. The first-order valence-corrected chi connectivity index (χ1v) is 7.90. The SMILES string of the molecule is C#CC(CCC)NC1CC(NC(=O)OCc2ccccc2)C1. The Balaban J connectivity index is 1.61. The Morgan fingerprint density at radius 1 is 1.36 bits per heavy atom. The topological polar surface area (TPSA) is 50.4 Å². The highest BCUT2D eigenvalue weighted by Crippen LogP contribution is 2.21. The summed E-state index contributed by atoms with van der Waals surface area (Å²) < 4.78 is 5.21. The maximum atomic E-state index is 11.7. The van der Waals surface area contributed by atoms with Crippen LogP contribution in [0.2, 0.25) is 0 Å². The fourth-order valence-corrected chi connectivity index (χ4v) is 2.59. The highest BCUT2D eigenvalue weighted by molar-refractivity contribution is 5.67. The van der Waals surface area contributed by atoms with Crippen LogP contribution >= 0.6 is 0 Å². The zero-order valence-corrected chi connectivity index (χ0v) is 13.0. The van der Waals surface area contributed by atoms with Crippen molar-refractivity contribution in [3.05, 3.63) is 35.9 Å². The molecule has 4 heteroatoms. The Morgan fingerprint density at radius 3 is 2.73 bits per heavy atom. The van der Waals surface area contributed by atoms with Crippen molar-refractivity contribution in [2.24, 2.45) is 0 Å². The van der Waals surface area contributed by atoms with E-state index >= 15 is 0 Å². The number of hydrogen-bond donors (Lipinski definition) is 2. The lowest BCUT2D eigenvalue weighted by Crippen LogP contribution is -2.54. The Morgan fingerprint density at radius 2 is 2.09 bits per heavy atom. The first kappa shape index (κ1) is 16.4. The standard InChI is InChI=1S/C18H24N2O2/c1-3-8-15(4-2)19-16-11-17(12-16)20-18(21)22-13-14-9-6-5-7-10-14/h2,5-7,9-10,15-17,19H,3,8,11-13H2,1H3,(H,20,21). The molecule has 0 bridgehead atoms. The molecule has 0 aliphatic heterocycles. The minimum atomic E-state index is -0.352. The van der Waals surface area contributed by atoms with Gasteiger partial charge in [-0.15, -0.1) is 6.42 Å². The summed E-state index contributed by atoms with van der Waals surface area (Å²) in [5.41, 5.74) is 0.988. The third-order valence-corrected chi connectivity index (χ3v) is 3.89. The number of carbonyl (C=O) groups excluding carboxylic acids is 1. The molecule has 1 saturated carbocycles. The second-order valence-corrected chi connectivity index (χ2v) is 5.75. The van der Waals surface area contributed by atoms with E-state index in [-0.39, 0.29) is 18.2 Å². The van der Waals surface area contributed by atoms with Crippen molar-refractivity contribution < 1.29 is 9.53 Å². The van der Waals surface area contributed by atoms with Crippen LogP contribution in [0.4, 0.5) is 4.79 Å². The molecule has 1 atom stereocenters. The second kappa shape index (κ2) is 8.45. The van der Waals surface area contributed by atoms with Gasteiger partial charge in [0.15, 0.2) is 0 Å². The number of benzene rings is 1. The van der Waals surface area contributed by atoms with Crippen molar-refractivity contribution in [1.82, 2.24) is 10.6 Å². The number of amides is 1. The summed E-state index contributed by atoms with van der Waals surface area (Å²) in [7, 11) is 0. The van der Waals surface area contributed by atoms with Gasteiger partial charge in [0.2, 0.25) is 0 Å². The molecule has 1 aliphatic rings. The van der Waals surface area contributed by atoms with Crippen LogP contribution in [0, 0.1) is 12.3 Å². The van der Waals surface area contributed by atoms with Crippen molar-refractivity contribution in [3.8, 4) is 12.3 Å². The fraction of sp³-hybridized carbons (Fsp3) is 0.500. The molecule has 0 saturated heterocycles. The van der Waals surface area contributed by atoms with Crippen LogP contribution in [-0.2, 0) is 11.3 Å². The van der Waals surface area contributed by atoms with E-state index in [1.807, 2.05) is 30.3 Å². The first-order chi connectivity index (χ1) is 10.7. The normalized spacial score (nSPS) is 21.3. The maximum absolute atomic E-state index is 11.7. The summed E-state index contributed by atoms with van der Waals surface area (Å²) in [5, 5.41) is 6.32. The van der Waals surface area contributed by atoms with E-state index in [9.17, 15) is 4.79 Å². The Kier molecular flexibility index (Phi) is 6.29. The zero-order chi connectivity index (χ0) is 15.8. The highest BCUT2D eigenvalue weighted by Gasteiger charge is 2.31. The summed E-state index contributed by atoms with van der Waals surface area (Å²) in [6.07, 6.45) is 9.01. The smallest absolute Gasteiger partial charge is 0.407 e. The second-order valence-electron chi connectivity index (χ2n) is 5.75. The molecule has 2 rings (SSSR count). The van der Waals surface area contributed by atoms with Crippen LogP contribution in [0.5, 0.6) is 0 Å². The van der Waals surface area contributed by atoms with Crippen LogP contribution < -0.4 is 10.6 Å². The lowest BCUT2D eigenvalue weighted by Gasteiger charge is -2.37. The van der Waals surface area contributed by atoms with Crippen LogP contribution in [0.3, 0.4) is 0 Å². The molecule has 1 fully saturated rings. The van der Waals surface area contributed by atoms with Crippen LogP contribution in [0.1, 0.15) is 38.2 Å². The molecule has 0 spiro atoms. The van der Waals surface area contributed by atoms with Crippen LogP contribution in [0.25, 0.3) is 0 Å². The van der Waals surface area contributed by atoms with E-state index < -0.39 is 0 Å². The van der Waals surface area contributed by atoms with E-state index in [1.54, 1.807) is 0 Å². The van der Waals surface area contributed by atoms with Crippen molar-refractivity contribution in [1.29, 1.82) is 0 Å². The average molecular weight is 300 g/mol. The lowest BCUT2D eigenvalue weighted by molar-refractivity contribution is 0.125. The van der Waals surface area contributed by atoms with Gasteiger partial charge in [0, 0.05) is 12.1 Å². The summed E-state index contributed by atoms with van der Waals surface area (Å²) in [5.74, 6) is 2.77. The molecule has 1 unspecified atom stereocenters. The number of ether oxygens (including phenoxy) is 1. The molecule has 4 nitrogen and oxygen atoms in total. The minimum Gasteiger partial charge on any atom is -0.445 e. The third kappa shape index (κ3) is 5.09. The van der Waals surface area contributed by atoms with Crippen molar-refractivity contribution in [2.45, 2.75) is 57.3 Å². The van der Waals surface area contributed by atoms with Gasteiger partial charge in [-0.25, -0.2) is 4.79 Å². The molecule has 2 N–H and O–H groups in total. The molecular weight excluding hydrogens is 276 g/mol. The number of hydrogen-bond acceptors (Lipinski definition) is 3. The number of carbonyl (C=O) groups is 1. The number of terminal acetylenes is 1. The molecule has 0 radical (unpaired) electrons. The number of rotatable bonds is 7. The molecule has 1 amide bonds. The van der Waals surface area contributed by atoms with Gasteiger partial charge in [0.05, 0.1) is 6.04 Å². The Hall–Kier alpha value is -1.99. The molecule has 0 aromatic heterocycles. The number of alkyl carbamates (subject to hydrolysis) is 1. The number of nitrogens with one attached hydrogen (secondary N) is 2. The Labute approximate surface area is 132 Å². The maximum Gasteiger partial charge on any atom is 0.407 e. The average Bonchev–Trinajstić information content (AvgIpc) is 2.51. The van der Waals surface area contributed by atoms with Gasteiger partial charge in [0.1, 0.15) is 6.61 Å². The van der Waals surface area contributed by atoms with Gasteiger partial charge in [-0.1, -0.05) is 49.6 Å². The molecule has 1 aliphatic carbocycles. The predicted molar refractivity (Wildman–Crippen MR) is 87.2 cm³/mol. The van der Waals surface area contributed by atoms with E-state index in [4.69, 9.17) is 11.2 Å². The van der Waals surface area contributed by atoms with Crippen molar-refractivity contribution in [2.75, 3.05) is 0 Å². The van der Waals surface area contributed by atoms with E-state index in [0.29, 0.717) is 12.6 Å². The van der Waals surface area contributed by atoms with E-state index in [1.165, 1.54) is 0 Å². The molecule has 1 aromatic rings. The Bertz CT molecular complexity index is 504. The predicted octanol–water partition coefficient (Wildman–Crippen LogP) is 2.84. The van der Waals surface area contributed by atoms with E-state index in [2.05, 4.69) is 23.5 Å². The van der Waals surface area contributed by atoms with Crippen LogP contribution in [-0.4, -0.2) is 24.2 Å². The molecular formula is C18H24N2O2. The summed E-state index contributed by atoms with van der Waals surface area (Å²) in [6.45, 7) is 2.43. The zero-order valence-electron chi connectivity index (χ0n) is 13.0. The van der Waals surface area contributed by atoms with Crippen molar-refractivity contribution >= 4 is 6.09 Å². The molecule has 22 heavy (non-hydrogen) atoms. The summed E-state index contributed by atoms with van der Waals surface area (Å²) in [6, 6.07) is 10.4.